The highest BCUT2D eigenvalue weighted by molar-refractivity contribution is 5.14. The third-order valence-corrected chi connectivity index (χ3v) is 6.00. The van der Waals surface area contributed by atoms with Crippen LogP contribution in [-0.2, 0) is 5.54 Å². The summed E-state index contributed by atoms with van der Waals surface area (Å²) in [6, 6.07) is 0.149. The normalized spacial score (nSPS) is 41.7. The maximum atomic E-state index is 6.30. The Bertz CT molecular complexity index is 441. The third kappa shape index (κ3) is 1.70. The highest BCUT2D eigenvalue weighted by atomic mass is 15.1. The molecule has 0 amide bonds. The van der Waals surface area contributed by atoms with Crippen molar-refractivity contribution in [3.8, 4) is 0 Å². The zero-order chi connectivity index (χ0) is 13.0. The van der Waals surface area contributed by atoms with E-state index in [0.717, 1.165) is 24.2 Å². The molecule has 3 heteroatoms. The van der Waals surface area contributed by atoms with Crippen molar-refractivity contribution in [2.24, 2.45) is 23.5 Å². The van der Waals surface area contributed by atoms with Crippen LogP contribution in [0, 0.1) is 17.8 Å². The Morgan fingerprint density at radius 2 is 1.84 bits per heavy atom. The molecule has 0 aliphatic heterocycles. The Balaban J connectivity index is 1.74. The molecule has 1 aromatic rings. The average Bonchev–Trinajstić information content (AvgIpc) is 2.86. The van der Waals surface area contributed by atoms with Crippen LogP contribution in [0.4, 0.5) is 0 Å². The molecule has 4 aliphatic carbocycles. The van der Waals surface area contributed by atoms with Gasteiger partial charge in [0.1, 0.15) is 0 Å². The summed E-state index contributed by atoms with van der Waals surface area (Å²) in [5.74, 6) is 2.91. The van der Waals surface area contributed by atoms with Crippen molar-refractivity contribution in [1.29, 1.82) is 0 Å². The van der Waals surface area contributed by atoms with E-state index in [2.05, 4.69) is 22.8 Å². The first kappa shape index (κ1) is 12.0. The van der Waals surface area contributed by atoms with Crippen molar-refractivity contribution in [2.75, 3.05) is 0 Å². The summed E-state index contributed by atoms with van der Waals surface area (Å²) >= 11 is 0. The maximum Gasteiger partial charge on any atom is 0.0953 e. The van der Waals surface area contributed by atoms with Crippen LogP contribution in [0.1, 0.15) is 63.6 Å². The molecule has 19 heavy (non-hydrogen) atoms. The first-order valence-corrected chi connectivity index (χ1v) is 7.98. The van der Waals surface area contributed by atoms with Gasteiger partial charge in [-0.25, -0.2) is 4.98 Å². The number of nitrogens with zero attached hydrogens (tertiary/aromatic N) is 2. The lowest BCUT2D eigenvalue weighted by Gasteiger charge is -2.57. The van der Waals surface area contributed by atoms with E-state index in [-0.39, 0.29) is 6.04 Å². The smallest absolute Gasteiger partial charge is 0.0953 e. The fourth-order valence-electron chi connectivity index (χ4n) is 5.55. The summed E-state index contributed by atoms with van der Waals surface area (Å²) in [5, 5.41) is 0. The number of nitrogens with two attached hydrogens (primary N) is 1. The number of hydrogen-bond acceptors (Lipinski definition) is 2. The molecule has 0 aromatic carbocycles. The van der Waals surface area contributed by atoms with Crippen LogP contribution in [0.5, 0.6) is 0 Å². The van der Waals surface area contributed by atoms with Crippen LogP contribution in [0.2, 0.25) is 0 Å². The van der Waals surface area contributed by atoms with Crippen molar-refractivity contribution >= 4 is 0 Å². The highest BCUT2D eigenvalue weighted by Gasteiger charge is 2.52. The minimum absolute atomic E-state index is 0.149. The van der Waals surface area contributed by atoms with Crippen LogP contribution in [0.15, 0.2) is 12.5 Å². The molecule has 1 atom stereocenters. The molecule has 1 heterocycles. The summed E-state index contributed by atoms with van der Waals surface area (Å²) in [6.45, 7) is 2.17. The van der Waals surface area contributed by atoms with E-state index in [4.69, 9.17) is 5.73 Å². The predicted octanol–water partition coefficient (Wildman–Crippen LogP) is 3.22. The van der Waals surface area contributed by atoms with Gasteiger partial charge in [0.2, 0.25) is 0 Å². The summed E-state index contributed by atoms with van der Waals surface area (Å²) in [4.78, 5) is 4.43. The van der Waals surface area contributed by atoms with Gasteiger partial charge in [0.05, 0.1) is 12.0 Å². The SMILES string of the molecule is CC[C@@H](N)c1cncn1C12CC3CC(CC(C3)C1)C2. The zero-order valence-corrected chi connectivity index (χ0v) is 11.9. The Kier molecular flexibility index (Phi) is 2.57. The number of aromatic nitrogens is 2. The van der Waals surface area contributed by atoms with Gasteiger partial charge in [-0.05, 0) is 62.7 Å². The first-order valence-electron chi connectivity index (χ1n) is 7.98. The van der Waals surface area contributed by atoms with Crippen molar-refractivity contribution < 1.29 is 0 Å². The molecule has 0 radical (unpaired) electrons. The summed E-state index contributed by atoms with van der Waals surface area (Å²) in [6.07, 6.45) is 13.7. The van der Waals surface area contributed by atoms with Gasteiger partial charge in [0.25, 0.3) is 0 Å². The molecule has 0 unspecified atom stereocenters. The summed E-state index contributed by atoms with van der Waals surface area (Å²) in [5.41, 5.74) is 7.93. The maximum absolute atomic E-state index is 6.30. The van der Waals surface area contributed by atoms with E-state index in [9.17, 15) is 0 Å². The zero-order valence-electron chi connectivity index (χ0n) is 11.9. The van der Waals surface area contributed by atoms with E-state index in [0.29, 0.717) is 5.54 Å². The third-order valence-electron chi connectivity index (χ3n) is 6.00. The highest BCUT2D eigenvalue weighted by Crippen LogP contribution is 2.59. The molecule has 0 saturated heterocycles. The molecule has 104 valence electrons. The minimum atomic E-state index is 0.149. The molecule has 2 N–H and O–H groups in total. The molecule has 5 rings (SSSR count). The second-order valence-corrected chi connectivity index (χ2v) is 7.35. The van der Waals surface area contributed by atoms with Gasteiger partial charge in [-0.15, -0.1) is 0 Å². The number of rotatable bonds is 3. The van der Waals surface area contributed by atoms with E-state index >= 15 is 0 Å². The molecule has 1 aromatic heterocycles. The lowest BCUT2D eigenvalue weighted by Crippen LogP contribution is -2.52. The molecule has 4 saturated carbocycles. The van der Waals surface area contributed by atoms with Gasteiger partial charge >= 0.3 is 0 Å². The first-order chi connectivity index (χ1) is 9.20. The molecule has 0 spiro atoms. The second-order valence-electron chi connectivity index (χ2n) is 7.35. The number of hydrogen-bond donors (Lipinski definition) is 1. The van der Waals surface area contributed by atoms with Crippen LogP contribution < -0.4 is 5.73 Å². The lowest BCUT2D eigenvalue weighted by molar-refractivity contribution is -0.0447. The van der Waals surface area contributed by atoms with Gasteiger partial charge in [0, 0.05) is 17.8 Å². The van der Waals surface area contributed by atoms with E-state index in [1.807, 2.05) is 6.20 Å². The Labute approximate surface area is 115 Å². The van der Waals surface area contributed by atoms with Crippen LogP contribution >= 0.6 is 0 Å². The standard InChI is InChI=1S/C16H25N3/c1-2-14(17)15-9-18-10-19(15)16-6-11-3-12(7-16)5-13(4-11)8-16/h9-14H,2-8,17H2,1H3/t11?,12?,13?,14-,16?/m1/s1. The van der Waals surface area contributed by atoms with Crippen molar-refractivity contribution in [3.05, 3.63) is 18.2 Å². The molecule has 4 aliphatic rings. The van der Waals surface area contributed by atoms with Gasteiger partial charge in [-0.2, -0.15) is 0 Å². The topological polar surface area (TPSA) is 43.8 Å². The van der Waals surface area contributed by atoms with Crippen LogP contribution in [0.3, 0.4) is 0 Å². The minimum Gasteiger partial charge on any atom is -0.327 e. The van der Waals surface area contributed by atoms with Gasteiger partial charge < -0.3 is 10.3 Å². The van der Waals surface area contributed by atoms with E-state index < -0.39 is 0 Å². The second kappa shape index (κ2) is 4.08. The quantitative estimate of drug-likeness (QED) is 0.905. The Morgan fingerprint density at radius 3 is 2.37 bits per heavy atom. The summed E-state index contributed by atoms with van der Waals surface area (Å²) in [7, 11) is 0. The molecule has 4 fully saturated rings. The van der Waals surface area contributed by atoms with Crippen molar-refractivity contribution in [3.63, 3.8) is 0 Å². The number of imidazole rings is 1. The van der Waals surface area contributed by atoms with Gasteiger partial charge in [-0.1, -0.05) is 6.92 Å². The van der Waals surface area contributed by atoms with Gasteiger partial charge in [-0.3, -0.25) is 0 Å². The predicted molar refractivity (Wildman–Crippen MR) is 75.6 cm³/mol. The van der Waals surface area contributed by atoms with Crippen molar-refractivity contribution in [2.45, 2.75) is 63.5 Å². The molecule has 4 bridgehead atoms. The lowest BCUT2D eigenvalue weighted by atomic mass is 9.53. The molecular formula is C16H25N3. The van der Waals surface area contributed by atoms with Gasteiger partial charge in [0.15, 0.2) is 0 Å². The van der Waals surface area contributed by atoms with Crippen LogP contribution in [0.25, 0.3) is 0 Å². The van der Waals surface area contributed by atoms with E-state index in [1.165, 1.54) is 44.2 Å². The largest absolute Gasteiger partial charge is 0.327 e. The molecular weight excluding hydrogens is 234 g/mol. The average molecular weight is 259 g/mol. The fraction of sp³-hybridized carbons (Fsp3) is 0.812. The van der Waals surface area contributed by atoms with E-state index in [1.54, 1.807) is 0 Å². The Morgan fingerprint density at radius 1 is 1.26 bits per heavy atom. The summed E-state index contributed by atoms with van der Waals surface area (Å²) < 4.78 is 2.49. The fourth-order valence-corrected chi connectivity index (χ4v) is 5.55. The Hall–Kier alpha value is -0.830. The van der Waals surface area contributed by atoms with Crippen LogP contribution in [-0.4, -0.2) is 9.55 Å². The monoisotopic (exact) mass is 259 g/mol. The van der Waals surface area contributed by atoms with Crippen molar-refractivity contribution in [1.82, 2.24) is 9.55 Å². The molecule has 3 nitrogen and oxygen atoms in total.